The van der Waals surface area contributed by atoms with Crippen molar-refractivity contribution in [2.45, 2.75) is 37.4 Å². The summed E-state index contributed by atoms with van der Waals surface area (Å²) in [5.74, 6) is -0.851. The monoisotopic (exact) mass is 534 g/mol. The van der Waals surface area contributed by atoms with E-state index in [0.717, 1.165) is 29.0 Å². The van der Waals surface area contributed by atoms with Gasteiger partial charge in [-0.1, -0.05) is 44.5 Å². The Morgan fingerprint density at radius 2 is 1.76 bits per heavy atom. The molecule has 4 aromatic rings. The molecular weight excluding hydrogens is 509 g/mol. The van der Waals surface area contributed by atoms with Gasteiger partial charge in [-0.05, 0) is 36.2 Å². The molecular formula is C26H25F3N2O5S. The number of amides is 1. The van der Waals surface area contributed by atoms with E-state index in [1.807, 2.05) is 24.3 Å². The number of nitrogens with one attached hydrogen (secondary N) is 2. The molecule has 37 heavy (non-hydrogen) atoms. The molecule has 1 amide bonds. The number of hydrogen-bond donors (Lipinski definition) is 2. The van der Waals surface area contributed by atoms with Gasteiger partial charge in [0.05, 0.1) is 23.3 Å². The van der Waals surface area contributed by atoms with Crippen molar-refractivity contribution in [1.29, 1.82) is 0 Å². The number of ether oxygens (including phenoxy) is 1. The molecule has 0 bridgehead atoms. The lowest BCUT2D eigenvalue weighted by molar-refractivity contribution is -0.137. The molecule has 0 aliphatic heterocycles. The summed E-state index contributed by atoms with van der Waals surface area (Å²) in [6, 6.07) is 12.8. The Labute approximate surface area is 211 Å². The Balaban J connectivity index is 1.66. The highest BCUT2D eigenvalue weighted by Crippen LogP contribution is 2.36. The second-order valence-corrected chi connectivity index (χ2v) is 10.4. The number of hydrogen-bond acceptors (Lipinski definition) is 5. The van der Waals surface area contributed by atoms with E-state index >= 15 is 0 Å². The number of anilines is 1. The number of fused-ring (bicyclic) bond motifs is 3. The summed E-state index contributed by atoms with van der Waals surface area (Å²) in [7, 11) is -3.03. The number of para-hydroxylation sites is 1. The Morgan fingerprint density at radius 1 is 1.03 bits per heavy atom. The summed E-state index contributed by atoms with van der Waals surface area (Å²) >= 11 is 0. The van der Waals surface area contributed by atoms with Crippen LogP contribution in [0.15, 0.2) is 70.0 Å². The summed E-state index contributed by atoms with van der Waals surface area (Å²) < 4.78 is 79.0. The largest absolute Gasteiger partial charge is 0.495 e. The normalized spacial score (nSPS) is 14.0. The number of halogens is 3. The van der Waals surface area contributed by atoms with Gasteiger partial charge in [-0.2, -0.15) is 17.9 Å². The van der Waals surface area contributed by atoms with E-state index in [-0.39, 0.29) is 5.69 Å². The molecule has 0 aliphatic carbocycles. The van der Waals surface area contributed by atoms with Crippen molar-refractivity contribution in [3.63, 3.8) is 0 Å². The molecule has 4 rings (SSSR count). The number of alkyl halides is 3. The van der Waals surface area contributed by atoms with Crippen LogP contribution in [0.25, 0.3) is 21.9 Å². The Bertz CT molecular complexity index is 1560. The fourth-order valence-electron chi connectivity index (χ4n) is 3.97. The third-order valence-corrected chi connectivity index (χ3v) is 7.64. The molecule has 1 aromatic heterocycles. The topological polar surface area (TPSA) is 97.6 Å². The van der Waals surface area contributed by atoms with Crippen LogP contribution in [-0.2, 0) is 21.0 Å². The maximum absolute atomic E-state index is 13.3. The fourth-order valence-corrected chi connectivity index (χ4v) is 5.32. The molecule has 0 saturated heterocycles. The van der Waals surface area contributed by atoms with Crippen LogP contribution in [0.2, 0.25) is 0 Å². The maximum atomic E-state index is 13.3. The van der Waals surface area contributed by atoms with E-state index in [9.17, 15) is 26.4 Å². The van der Waals surface area contributed by atoms with Crippen molar-refractivity contribution in [3.8, 4) is 5.75 Å². The molecule has 2 atom stereocenters. The van der Waals surface area contributed by atoms with Crippen molar-refractivity contribution < 1.29 is 35.5 Å². The van der Waals surface area contributed by atoms with Gasteiger partial charge in [-0.15, -0.1) is 0 Å². The molecule has 2 N–H and O–H groups in total. The number of sulfonamides is 1. The molecule has 3 aromatic carbocycles. The lowest BCUT2D eigenvalue weighted by Gasteiger charge is -2.24. The standard InChI is InChI=1S/C26H25F3N2O5S/c1-4-15(2)24(31-37(33,34)17-9-7-8-16(12-17)26(27,28)29)25(32)30-20-14-22-19(13-23(20)35-3)18-10-5-6-11-21(18)36-22/h5-15,24,31H,4H2,1-3H3,(H,30,32). The average molecular weight is 535 g/mol. The summed E-state index contributed by atoms with van der Waals surface area (Å²) in [4.78, 5) is 12.7. The molecule has 11 heteroatoms. The van der Waals surface area contributed by atoms with Crippen LogP contribution in [0.3, 0.4) is 0 Å². The molecule has 0 fully saturated rings. The first-order chi connectivity index (χ1) is 17.4. The van der Waals surface area contributed by atoms with Gasteiger partial charge in [-0.3, -0.25) is 4.79 Å². The van der Waals surface area contributed by atoms with Crippen LogP contribution in [0.5, 0.6) is 5.75 Å². The van der Waals surface area contributed by atoms with Crippen LogP contribution in [-0.4, -0.2) is 27.5 Å². The summed E-state index contributed by atoms with van der Waals surface area (Å²) in [6.07, 6.45) is -4.30. The summed E-state index contributed by atoms with van der Waals surface area (Å²) in [6.45, 7) is 3.43. The molecule has 1 heterocycles. The predicted molar refractivity (Wildman–Crippen MR) is 134 cm³/mol. The molecule has 0 saturated carbocycles. The minimum atomic E-state index is -4.72. The molecule has 0 aliphatic rings. The zero-order chi connectivity index (χ0) is 27.0. The van der Waals surface area contributed by atoms with Gasteiger partial charge in [0.2, 0.25) is 15.9 Å². The Kier molecular flexibility index (Phi) is 7.20. The van der Waals surface area contributed by atoms with E-state index in [0.29, 0.717) is 29.4 Å². The molecule has 0 spiro atoms. The first-order valence-corrected chi connectivity index (χ1v) is 12.9. The highest BCUT2D eigenvalue weighted by molar-refractivity contribution is 7.89. The third-order valence-electron chi connectivity index (χ3n) is 6.21. The van der Waals surface area contributed by atoms with E-state index in [4.69, 9.17) is 9.15 Å². The van der Waals surface area contributed by atoms with Crippen molar-refractivity contribution in [2.24, 2.45) is 5.92 Å². The van der Waals surface area contributed by atoms with Crippen molar-refractivity contribution in [1.82, 2.24) is 4.72 Å². The van der Waals surface area contributed by atoms with Gasteiger partial charge in [0, 0.05) is 16.8 Å². The third kappa shape index (κ3) is 5.42. The number of rotatable bonds is 8. The number of methoxy groups -OCH3 is 1. The quantitative estimate of drug-likeness (QED) is 0.291. The van der Waals surface area contributed by atoms with Crippen LogP contribution < -0.4 is 14.8 Å². The minimum absolute atomic E-state index is 0.255. The fraction of sp³-hybridized carbons (Fsp3) is 0.269. The Hall–Kier alpha value is -3.57. The van der Waals surface area contributed by atoms with Crippen LogP contribution in [0.4, 0.5) is 18.9 Å². The zero-order valence-electron chi connectivity index (χ0n) is 20.2. The summed E-state index contributed by atoms with van der Waals surface area (Å²) in [5, 5.41) is 4.33. The molecule has 2 unspecified atom stereocenters. The average Bonchev–Trinajstić information content (AvgIpc) is 3.23. The van der Waals surface area contributed by atoms with Gasteiger partial charge in [-0.25, -0.2) is 8.42 Å². The van der Waals surface area contributed by atoms with Crippen molar-refractivity contribution in [2.75, 3.05) is 12.4 Å². The SMILES string of the molecule is CCC(C)C(NS(=O)(=O)c1cccc(C(F)(F)F)c1)C(=O)Nc1cc2oc3ccccc3c2cc1OC. The zero-order valence-corrected chi connectivity index (χ0v) is 21.0. The number of furan rings is 1. The van der Waals surface area contributed by atoms with Crippen LogP contribution >= 0.6 is 0 Å². The summed E-state index contributed by atoms with van der Waals surface area (Å²) in [5.41, 5.74) is 0.283. The second-order valence-electron chi connectivity index (χ2n) is 8.65. The lowest BCUT2D eigenvalue weighted by atomic mass is 9.99. The van der Waals surface area contributed by atoms with Crippen molar-refractivity contribution >= 4 is 43.6 Å². The van der Waals surface area contributed by atoms with Gasteiger partial charge < -0.3 is 14.5 Å². The Morgan fingerprint density at radius 3 is 2.43 bits per heavy atom. The minimum Gasteiger partial charge on any atom is -0.495 e. The van der Waals surface area contributed by atoms with Gasteiger partial charge >= 0.3 is 6.18 Å². The van der Waals surface area contributed by atoms with Gasteiger partial charge in [0.25, 0.3) is 0 Å². The smallest absolute Gasteiger partial charge is 0.416 e. The van der Waals surface area contributed by atoms with E-state index in [1.165, 1.54) is 7.11 Å². The number of benzene rings is 3. The van der Waals surface area contributed by atoms with Gasteiger partial charge in [0.15, 0.2) is 0 Å². The first-order valence-electron chi connectivity index (χ1n) is 11.4. The first kappa shape index (κ1) is 26.5. The maximum Gasteiger partial charge on any atom is 0.416 e. The van der Waals surface area contributed by atoms with E-state index in [1.54, 1.807) is 26.0 Å². The predicted octanol–water partition coefficient (Wildman–Crippen LogP) is 5.95. The van der Waals surface area contributed by atoms with Crippen LogP contribution in [0, 0.1) is 5.92 Å². The van der Waals surface area contributed by atoms with Crippen molar-refractivity contribution in [3.05, 3.63) is 66.2 Å². The van der Waals surface area contributed by atoms with Crippen LogP contribution in [0.1, 0.15) is 25.8 Å². The highest BCUT2D eigenvalue weighted by Gasteiger charge is 2.34. The molecule has 7 nitrogen and oxygen atoms in total. The second kappa shape index (κ2) is 10.1. The molecule has 0 radical (unpaired) electrons. The lowest BCUT2D eigenvalue weighted by Crippen LogP contribution is -2.47. The highest BCUT2D eigenvalue weighted by atomic mass is 32.2. The number of carbonyl (C=O) groups excluding carboxylic acids is 1. The van der Waals surface area contributed by atoms with E-state index in [2.05, 4.69) is 10.0 Å². The number of carbonyl (C=O) groups is 1. The molecule has 196 valence electrons. The van der Waals surface area contributed by atoms with E-state index < -0.39 is 44.5 Å². The van der Waals surface area contributed by atoms with Gasteiger partial charge in [0.1, 0.15) is 23.0 Å².